The van der Waals surface area contributed by atoms with E-state index in [2.05, 4.69) is 144 Å². The van der Waals surface area contributed by atoms with Gasteiger partial charge in [-0.2, -0.15) is 0 Å². The maximum absolute atomic E-state index is 6.60. The second-order valence-electron chi connectivity index (χ2n) is 14.8. The van der Waals surface area contributed by atoms with Crippen LogP contribution in [0.25, 0.3) is 0 Å². The van der Waals surface area contributed by atoms with Gasteiger partial charge in [0.1, 0.15) is 23.0 Å². The first-order valence-electron chi connectivity index (χ1n) is 14.0. The van der Waals surface area contributed by atoms with E-state index in [1.807, 2.05) is 0 Å². The summed E-state index contributed by atoms with van der Waals surface area (Å²) in [4.78, 5) is 0. The Morgan fingerprint density at radius 1 is 0.474 bits per heavy atom. The van der Waals surface area contributed by atoms with Gasteiger partial charge in [0.25, 0.3) is 0 Å². The molecule has 0 spiro atoms. The molecule has 0 amide bonds. The molecule has 3 aromatic rings. The highest BCUT2D eigenvalue weighted by molar-refractivity contribution is 5.51. The van der Waals surface area contributed by atoms with Crippen molar-refractivity contribution in [1.82, 2.24) is 0 Å². The Bertz CT molecular complexity index is 1150. The summed E-state index contributed by atoms with van der Waals surface area (Å²) in [6.07, 6.45) is 2.13. The summed E-state index contributed by atoms with van der Waals surface area (Å²) in [6, 6.07) is 21.2. The van der Waals surface area contributed by atoms with Crippen molar-refractivity contribution in [1.29, 1.82) is 0 Å². The first-order valence-corrected chi connectivity index (χ1v) is 14.0. The molecule has 0 heterocycles. The monoisotopic (exact) mass is 514 g/mol. The van der Waals surface area contributed by atoms with Crippen molar-refractivity contribution in [3.8, 4) is 23.0 Å². The van der Waals surface area contributed by atoms with Crippen molar-refractivity contribution in [2.24, 2.45) is 10.8 Å². The number of ether oxygens (including phenoxy) is 2. The van der Waals surface area contributed by atoms with E-state index in [0.29, 0.717) is 0 Å². The summed E-state index contributed by atoms with van der Waals surface area (Å²) >= 11 is 0. The first kappa shape index (κ1) is 29.8. The van der Waals surface area contributed by atoms with Gasteiger partial charge in [-0.15, -0.1) is 0 Å². The van der Waals surface area contributed by atoms with Crippen LogP contribution in [0, 0.1) is 24.7 Å². The van der Waals surface area contributed by atoms with Crippen LogP contribution >= 0.6 is 0 Å². The van der Waals surface area contributed by atoms with Crippen LogP contribution in [0.3, 0.4) is 0 Å². The fraction of sp³-hybridized carbons (Fsp3) is 0.500. The van der Waals surface area contributed by atoms with E-state index in [4.69, 9.17) is 9.47 Å². The van der Waals surface area contributed by atoms with Crippen LogP contribution in [0.1, 0.15) is 104 Å². The number of rotatable bonds is 8. The summed E-state index contributed by atoms with van der Waals surface area (Å²) in [7, 11) is 0. The topological polar surface area (TPSA) is 18.5 Å². The average molecular weight is 515 g/mol. The molecule has 0 atom stereocenters. The van der Waals surface area contributed by atoms with Gasteiger partial charge < -0.3 is 9.47 Å². The molecule has 3 rings (SSSR count). The third kappa shape index (κ3) is 7.65. The lowest BCUT2D eigenvalue weighted by Gasteiger charge is -2.34. The zero-order chi connectivity index (χ0) is 28.5. The number of benzene rings is 3. The van der Waals surface area contributed by atoms with Crippen molar-refractivity contribution in [2.75, 3.05) is 0 Å². The second-order valence-corrected chi connectivity index (χ2v) is 14.8. The minimum Gasteiger partial charge on any atom is -0.457 e. The molecular formula is C36H50O2. The summed E-state index contributed by atoms with van der Waals surface area (Å²) in [5.74, 6) is 3.59. The minimum atomic E-state index is -0.00951. The number of aryl methyl sites for hydroxylation is 2. The molecule has 0 unspecified atom stereocenters. The molecule has 2 nitrogen and oxygen atoms in total. The summed E-state index contributed by atoms with van der Waals surface area (Å²) < 4.78 is 13.2. The Morgan fingerprint density at radius 2 is 0.789 bits per heavy atom. The van der Waals surface area contributed by atoms with E-state index < -0.39 is 0 Å². The highest BCUT2D eigenvalue weighted by Gasteiger charge is 2.31. The van der Waals surface area contributed by atoms with Gasteiger partial charge >= 0.3 is 0 Å². The number of hydrogen-bond acceptors (Lipinski definition) is 2. The largest absolute Gasteiger partial charge is 0.457 e. The van der Waals surface area contributed by atoms with E-state index >= 15 is 0 Å². The van der Waals surface area contributed by atoms with Crippen LogP contribution in [0.15, 0.2) is 60.7 Å². The standard InChI is InChI=1S/C36H50O2/c1-25-21-32(38-30-20-16-14-18-28(30)36(11,12)24-34(6,7)8)26(2)22-31(25)37-29-19-15-13-17-27(29)35(9,10)23-33(3,4)5/h13-22H,23-24H2,1-12H3. The molecule has 0 aliphatic rings. The van der Waals surface area contributed by atoms with Crippen LogP contribution < -0.4 is 9.47 Å². The van der Waals surface area contributed by atoms with E-state index in [1.54, 1.807) is 0 Å². The molecule has 0 saturated carbocycles. The van der Waals surface area contributed by atoms with Crippen LogP contribution in [0.5, 0.6) is 23.0 Å². The fourth-order valence-corrected chi connectivity index (χ4v) is 6.29. The van der Waals surface area contributed by atoms with Gasteiger partial charge in [0.05, 0.1) is 0 Å². The number of para-hydroxylation sites is 2. The van der Waals surface area contributed by atoms with Crippen molar-refractivity contribution >= 4 is 0 Å². The molecule has 0 saturated heterocycles. The lowest BCUT2D eigenvalue weighted by molar-refractivity contribution is 0.278. The van der Waals surface area contributed by atoms with E-state index in [0.717, 1.165) is 47.0 Å². The average Bonchev–Trinajstić information content (AvgIpc) is 2.74. The molecule has 0 aromatic heterocycles. The van der Waals surface area contributed by atoms with E-state index in [1.165, 1.54) is 11.1 Å². The Labute approximate surface area is 232 Å². The highest BCUT2D eigenvalue weighted by Crippen LogP contribution is 2.44. The van der Waals surface area contributed by atoms with Crippen molar-refractivity contribution in [3.05, 3.63) is 82.9 Å². The Hall–Kier alpha value is -2.74. The van der Waals surface area contributed by atoms with Gasteiger partial charge in [-0.1, -0.05) is 106 Å². The highest BCUT2D eigenvalue weighted by atomic mass is 16.5. The first-order chi connectivity index (χ1) is 17.4. The van der Waals surface area contributed by atoms with Gasteiger partial charge in [-0.25, -0.2) is 0 Å². The Morgan fingerprint density at radius 3 is 1.11 bits per heavy atom. The van der Waals surface area contributed by atoms with Crippen LogP contribution in [0.2, 0.25) is 0 Å². The molecule has 0 aliphatic carbocycles. The molecule has 3 aromatic carbocycles. The molecule has 0 fully saturated rings. The SMILES string of the molecule is Cc1cc(Oc2ccccc2C(C)(C)CC(C)(C)C)c(C)cc1Oc1ccccc1C(C)(C)CC(C)(C)C. The third-order valence-corrected chi connectivity index (χ3v) is 7.09. The van der Waals surface area contributed by atoms with Crippen molar-refractivity contribution in [2.45, 2.75) is 107 Å². The molecule has 38 heavy (non-hydrogen) atoms. The molecule has 0 radical (unpaired) electrons. The molecule has 2 heteroatoms. The summed E-state index contributed by atoms with van der Waals surface area (Å²) in [5.41, 5.74) is 5.01. The molecular weight excluding hydrogens is 464 g/mol. The van der Waals surface area contributed by atoms with Gasteiger partial charge in [-0.05, 0) is 83.7 Å². The predicted octanol–water partition coefficient (Wildman–Crippen LogP) is 11.3. The van der Waals surface area contributed by atoms with Crippen molar-refractivity contribution < 1.29 is 9.47 Å². The normalized spacial score (nSPS) is 12.9. The molecule has 0 N–H and O–H groups in total. The van der Waals surface area contributed by atoms with Crippen molar-refractivity contribution in [3.63, 3.8) is 0 Å². The van der Waals surface area contributed by atoms with Gasteiger partial charge in [0, 0.05) is 11.1 Å². The lowest BCUT2D eigenvalue weighted by Crippen LogP contribution is -2.25. The zero-order valence-corrected chi connectivity index (χ0v) is 26.0. The third-order valence-electron chi connectivity index (χ3n) is 7.09. The van der Waals surface area contributed by atoms with E-state index in [-0.39, 0.29) is 21.7 Å². The Balaban J connectivity index is 1.92. The van der Waals surface area contributed by atoms with E-state index in [9.17, 15) is 0 Å². The molecule has 0 aliphatic heterocycles. The fourth-order valence-electron chi connectivity index (χ4n) is 6.29. The smallest absolute Gasteiger partial charge is 0.131 e. The van der Waals surface area contributed by atoms with Crippen LogP contribution in [0.4, 0.5) is 0 Å². The summed E-state index contributed by atoms with van der Waals surface area (Å²) in [6.45, 7) is 27.2. The minimum absolute atomic E-state index is 0.00951. The zero-order valence-electron chi connectivity index (χ0n) is 26.0. The maximum Gasteiger partial charge on any atom is 0.131 e. The Kier molecular flexibility index (Phi) is 8.47. The summed E-state index contributed by atoms with van der Waals surface area (Å²) in [5, 5.41) is 0. The molecule has 206 valence electrons. The quantitative estimate of drug-likeness (QED) is 0.297. The van der Waals surface area contributed by atoms with Crippen LogP contribution in [-0.2, 0) is 10.8 Å². The van der Waals surface area contributed by atoms with Crippen LogP contribution in [-0.4, -0.2) is 0 Å². The van der Waals surface area contributed by atoms with Gasteiger partial charge in [0.2, 0.25) is 0 Å². The predicted molar refractivity (Wildman–Crippen MR) is 163 cm³/mol. The second kappa shape index (κ2) is 10.8. The van der Waals surface area contributed by atoms with Gasteiger partial charge in [0.15, 0.2) is 0 Å². The maximum atomic E-state index is 6.60. The number of hydrogen-bond donors (Lipinski definition) is 0. The lowest BCUT2D eigenvalue weighted by atomic mass is 9.72. The molecule has 0 bridgehead atoms. The van der Waals surface area contributed by atoms with Gasteiger partial charge in [-0.3, -0.25) is 0 Å².